The van der Waals surface area contributed by atoms with Gasteiger partial charge < -0.3 is 20.6 Å². The van der Waals surface area contributed by atoms with Crippen LogP contribution < -0.4 is 5.32 Å². The van der Waals surface area contributed by atoms with Gasteiger partial charge in [0, 0.05) is 0 Å². The van der Waals surface area contributed by atoms with Crippen LogP contribution in [0.3, 0.4) is 0 Å². The number of aromatic hydroxyl groups is 1. The van der Waals surface area contributed by atoms with Gasteiger partial charge in [-0.05, 0) is 36.5 Å². The monoisotopic (exact) mass is 321 g/mol. The van der Waals surface area contributed by atoms with E-state index >= 15 is 0 Å². The average Bonchev–Trinajstić information content (AvgIpc) is 2.57. The van der Waals surface area contributed by atoms with E-state index in [1.165, 1.54) is 19.3 Å². The summed E-state index contributed by atoms with van der Waals surface area (Å²) in [5.41, 5.74) is 0.906. The number of aliphatic hydroxyl groups is 2. The Morgan fingerprint density at radius 1 is 1.17 bits per heavy atom. The smallest absolute Gasteiger partial charge is 0.249 e. The second kappa shape index (κ2) is 8.89. The molecule has 0 aromatic heterocycles. The topological polar surface area (TPSA) is 89.8 Å². The Bertz CT molecular complexity index is 482. The summed E-state index contributed by atoms with van der Waals surface area (Å²) in [7, 11) is 0. The molecule has 0 bridgehead atoms. The van der Waals surface area contributed by atoms with Crippen LogP contribution in [0.15, 0.2) is 24.3 Å². The fourth-order valence-corrected chi connectivity index (χ4v) is 3.22. The number of aliphatic hydroxyl groups excluding tert-OH is 2. The van der Waals surface area contributed by atoms with Crippen molar-refractivity contribution in [2.75, 3.05) is 6.61 Å². The number of phenolic OH excluding ortho intramolecular Hbond substituents is 1. The van der Waals surface area contributed by atoms with E-state index in [1.54, 1.807) is 24.3 Å². The van der Waals surface area contributed by atoms with E-state index in [0.29, 0.717) is 18.8 Å². The molecule has 1 aromatic carbocycles. The molecule has 2 atom stereocenters. The lowest BCUT2D eigenvalue weighted by molar-refractivity contribution is -0.131. The molecule has 128 valence electrons. The first kappa shape index (κ1) is 17.8. The van der Waals surface area contributed by atoms with Crippen molar-refractivity contribution in [2.24, 2.45) is 5.92 Å². The van der Waals surface area contributed by atoms with Crippen LogP contribution >= 0.6 is 0 Å². The third-order valence-electron chi connectivity index (χ3n) is 4.57. The standard InChI is InChI=1S/C18H27NO4/c20-12-15(10-14-6-8-16(21)9-7-14)19-18(23)17(22)11-13-4-2-1-3-5-13/h6-9,13,15,17,20-22H,1-5,10-12H2,(H,19,23)/t15-,17?/m0/s1. The summed E-state index contributed by atoms with van der Waals surface area (Å²) in [4.78, 5) is 12.1. The molecule has 1 amide bonds. The van der Waals surface area contributed by atoms with Crippen LogP contribution in [0.5, 0.6) is 5.75 Å². The minimum atomic E-state index is -1.01. The molecule has 1 aromatic rings. The van der Waals surface area contributed by atoms with Gasteiger partial charge in [-0.3, -0.25) is 4.79 Å². The normalized spacial score (nSPS) is 18.3. The van der Waals surface area contributed by atoms with Crippen LogP contribution in [0.4, 0.5) is 0 Å². The molecule has 0 heterocycles. The molecule has 1 unspecified atom stereocenters. The van der Waals surface area contributed by atoms with E-state index in [1.807, 2.05) is 0 Å². The van der Waals surface area contributed by atoms with Crippen LogP contribution in [0.2, 0.25) is 0 Å². The molecule has 0 saturated heterocycles. The van der Waals surface area contributed by atoms with E-state index < -0.39 is 18.1 Å². The molecular weight excluding hydrogens is 294 g/mol. The fourth-order valence-electron chi connectivity index (χ4n) is 3.22. The summed E-state index contributed by atoms with van der Waals surface area (Å²) in [6.45, 7) is -0.192. The molecule has 1 saturated carbocycles. The van der Waals surface area contributed by atoms with Gasteiger partial charge in [-0.2, -0.15) is 0 Å². The third kappa shape index (κ3) is 5.84. The number of hydrogen-bond acceptors (Lipinski definition) is 4. The number of phenols is 1. The summed E-state index contributed by atoms with van der Waals surface area (Å²) in [5.74, 6) is 0.198. The predicted molar refractivity (Wildman–Crippen MR) is 88.0 cm³/mol. The Hall–Kier alpha value is -1.59. The Kier molecular flexibility index (Phi) is 6.86. The van der Waals surface area contributed by atoms with Crippen molar-refractivity contribution >= 4 is 5.91 Å². The fraction of sp³-hybridized carbons (Fsp3) is 0.611. The van der Waals surface area contributed by atoms with Crippen molar-refractivity contribution < 1.29 is 20.1 Å². The van der Waals surface area contributed by atoms with Crippen molar-refractivity contribution in [1.82, 2.24) is 5.32 Å². The van der Waals surface area contributed by atoms with Gasteiger partial charge in [-0.1, -0.05) is 44.2 Å². The van der Waals surface area contributed by atoms with Gasteiger partial charge in [0.15, 0.2) is 0 Å². The van der Waals surface area contributed by atoms with E-state index in [4.69, 9.17) is 0 Å². The SMILES string of the molecule is O=C(N[C@H](CO)Cc1ccc(O)cc1)C(O)CC1CCCCC1. The lowest BCUT2D eigenvalue weighted by Crippen LogP contribution is -2.45. The predicted octanol–water partition coefficient (Wildman–Crippen LogP) is 1.74. The van der Waals surface area contributed by atoms with Gasteiger partial charge in [0.25, 0.3) is 0 Å². The van der Waals surface area contributed by atoms with Crippen molar-refractivity contribution in [3.8, 4) is 5.75 Å². The molecule has 0 radical (unpaired) electrons. The summed E-state index contributed by atoms with van der Waals surface area (Å²) in [6.07, 6.45) is 5.73. The average molecular weight is 321 g/mol. The largest absolute Gasteiger partial charge is 0.508 e. The van der Waals surface area contributed by atoms with Crippen LogP contribution in [0.25, 0.3) is 0 Å². The molecule has 5 heteroatoms. The maximum Gasteiger partial charge on any atom is 0.249 e. The summed E-state index contributed by atoms with van der Waals surface area (Å²) < 4.78 is 0. The highest BCUT2D eigenvalue weighted by Crippen LogP contribution is 2.27. The number of nitrogens with one attached hydrogen (secondary N) is 1. The number of carbonyl (C=O) groups excluding carboxylic acids is 1. The van der Waals surface area contributed by atoms with Gasteiger partial charge in [0.1, 0.15) is 11.9 Å². The van der Waals surface area contributed by atoms with Crippen LogP contribution in [-0.4, -0.2) is 40.0 Å². The van der Waals surface area contributed by atoms with Crippen LogP contribution in [-0.2, 0) is 11.2 Å². The van der Waals surface area contributed by atoms with E-state index in [0.717, 1.165) is 18.4 Å². The molecule has 23 heavy (non-hydrogen) atoms. The van der Waals surface area contributed by atoms with Crippen molar-refractivity contribution in [3.05, 3.63) is 29.8 Å². The summed E-state index contributed by atoms with van der Waals surface area (Å²) in [6, 6.07) is 6.21. The molecule has 1 aliphatic carbocycles. The Morgan fingerprint density at radius 2 is 1.83 bits per heavy atom. The molecule has 1 aliphatic rings. The van der Waals surface area contributed by atoms with E-state index in [-0.39, 0.29) is 12.4 Å². The van der Waals surface area contributed by atoms with Gasteiger partial charge in [0.05, 0.1) is 12.6 Å². The lowest BCUT2D eigenvalue weighted by atomic mass is 9.85. The second-order valence-corrected chi connectivity index (χ2v) is 6.51. The highest BCUT2D eigenvalue weighted by atomic mass is 16.3. The Balaban J connectivity index is 1.81. The zero-order valence-electron chi connectivity index (χ0n) is 13.4. The Morgan fingerprint density at radius 3 is 2.43 bits per heavy atom. The quantitative estimate of drug-likeness (QED) is 0.616. The number of rotatable bonds is 7. The van der Waals surface area contributed by atoms with E-state index in [9.17, 15) is 20.1 Å². The third-order valence-corrected chi connectivity index (χ3v) is 4.57. The van der Waals surface area contributed by atoms with Gasteiger partial charge in [-0.25, -0.2) is 0 Å². The van der Waals surface area contributed by atoms with Gasteiger partial charge in [-0.15, -0.1) is 0 Å². The Labute approximate surface area is 137 Å². The van der Waals surface area contributed by atoms with Crippen LogP contribution in [0, 0.1) is 5.92 Å². The maximum atomic E-state index is 12.1. The zero-order chi connectivity index (χ0) is 16.7. The highest BCUT2D eigenvalue weighted by Gasteiger charge is 2.24. The van der Waals surface area contributed by atoms with Crippen molar-refractivity contribution in [3.63, 3.8) is 0 Å². The molecule has 4 N–H and O–H groups in total. The first-order valence-corrected chi connectivity index (χ1v) is 8.45. The number of hydrogen-bond donors (Lipinski definition) is 4. The minimum absolute atomic E-state index is 0.182. The molecular formula is C18H27NO4. The summed E-state index contributed by atoms with van der Waals surface area (Å²) in [5, 5.41) is 31.5. The minimum Gasteiger partial charge on any atom is -0.508 e. The summed E-state index contributed by atoms with van der Waals surface area (Å²) >= 11 is 0. The van der Waals surface area contributed by atoms with Gasteiger partial charge >= 0.3 is 0 Å². The lowest BCUT2D eigenvalue weighted by Gasteiger charge is -2.25. The second-order valence-electron chi connectivity index (χ2n) is 6.51. The molecule has 1 fully saturated rings. The number of benzene rings is 1. The first-order valence-electron chi connectivity index (χ1n) is 8.45. The molecule has 0 aliphatic heterocycles. The highest BCUT2D eigenvalue weighted by molar-refractivity contribution is 5.80. The molecule has 2 rings (SSSR count). The van der Waals surface area contributed by atoms with E-state index in [2.05, 4.69) is 5.32 Å². The molecule has 5 nitrogen and oxygen atoms in total. The maximum absolute atomic E-state index is 12.1. The van der Waals surface area contributed by atoms with Gasteiger partial charge in [0.2, 0.25) is 5.91 Å². The number of carbonyl (C=O) groups is 1. The first-order chi connectivity index (χ1) is 11.1. The van der Waals surface area contributed by atoms with Crippen LogP contribution in [0.1, 0.15) is 44.1 Å². The van der Waals surface area contributed by atoms with Crippen molar-refractivity contribution in [2.45, 2.75) is 57.1 Å². The van der Waals surface area contributed by atoms with Crippen molar-refractivity contribution in [1.29, 1.82) is 0 Å². The zero-order valence-corrected chi connectivity index (χ0v) is 13.4. The number of amides is 1. The molecule has 0 spiro atoms.